The molecule has 7 heteroatoms. The fraction of sp³-hybridized carbons (Fsp3) is 0.333. The minimum atomic E-state index is -0.235. The molecule has 1 saturated heterocycles. The van der Waals surface area contributed by atoms with Crippen LogP contribution in [0.2, 0.25) is 5.15 Å². The second kappa shape index (κ2) is 6.89. The quantitative estimate of drug-likeness (QED) is 0.788. The van der Waals surface area contributed by atoms with Crippen LogP contribution in [0, 0.1) is 11.7 Å². The largest absolute Gasteiger partial charge is 0.476 e. The lowest BCUT2D eigenvalue weighted by atomic mass is 10.0. The molecule has 0 radical (unpaired) electrons. The third-order valence-corrected chi connectivity index (χ3v) is 4.26. The molecule has 1 aromatic carbocycles. The molecular weight excluding hydrogens is 373 g/mol. The maximum absolute atomic E-state index is 13.2. The van der Waals surface area contributed by atoms with Crippen LogP contribution in [0.25, 0.3) is 0 Å². The van der Waals surface area contributed by atoms with E-state index in [1.54, 1.807) is 6.20 Å². The molecule has 0 atom stereocenters. The molecule has 0 amide bonds. The van der Waals surface area contributed by atoms with Crippen LogP contribution in [0.5, 0.6) is 5.88 Å². The van der Waals surface area contributed by atoms with Gasteiger partial charge in [0.25, 0.3) is 0 Å². The molecule has 1 aliphatic rings. The summed E-state index contributed by atoms with van der Waals surface area (Å²) in [5.74, 6) is 0.680. The topological polar surface area (TPSA) is 38.2 Å². The van der Waals surface area contributed by atoms with E-state index in [0.29, 0.717) is 28.0 Å². The highest BCUT2D eigenvalue weighted by molar-refractivity contribution is 9.10. The number of nitrogens with zero attached hydrogens (tertiary/aromatic N) is 3. The van der Waals surface area contributed by atoms with Crippen molar-refractivity contribution >= 4 is 27.5 Å². The fourth-order valence-electron chi connectivity index (χ4n) is 2.41. The summed E-state index contributed by atoms with van der Waals surface area (Å²) in [6, 6.07) is 5.11. The SMILES string of the molecule is Fc1ccc(CN2CC(COc3cncc(Cl)n3)C2)cc1Br. The van der Waals surface area contributed by atoms with E-state index < -0.39 is 0 Å². The van der Waals surface area contributed by atoms with Gasteiger partial charge in [-0.05, 0) is 33.6 Å². The first kappa shape index (κ1) is 15.6. The molecule has 1 aromatic heterocycles. The number of rotatable bonds is 5. The third-order valence-electron chi connectivity index (χ3n) is 3.47. The Kier molecular flexibility index (Phi) is 4.90. The normalized spacial score (nSPS) is 15.6. The molecule has 0 saturated carbocycles. The van der Waals surface area contributed by atoms with Crippen molar-refractivity contribution in [3.05, 3.63) is 51.6 Å². The van der Waals surface area contributed by atoms with Crippen LogP contribution in [0.4, 0.5) is 4.39 Å². The predicted octanol–water partition coefficient (Wildman–Crippen LogP) is 3.54. The number of benzene rings is 1. The van der Waals surface area contributed by atoms with Gasteiger partial charge in [-0.15, -0.1) is 0 Å². The summed E-state index contributed by atoms with van der Waals surface area (Å²) >= 11 is 8.96. The van der Waals surface area contributed by atoms with E-state index in [2.05, 4.69) is 30.8 Å². The van der Waals surface area contributed by atoms with Crippen molar-refractivity contribution in [3.8, 4) is 5.88 Å². The van der Waals surface area contributed by atoms with E-state index >= 15 is 0 Å². The molecule has 116 valence electrons. The van der Waals surface area contributed by atoms with Crippen molar-refractivity contribution < 1.29 is 9.13 Å². The summed E-state index contributed by atoms with van der Waals surface area (Å²) in [5.41, 5.74) is 1.09. The molecule has 22 heavy (non-hydrogen) atoms. The molecule has 0 bridgehead atoms. The molecule has 2 heterocycles. The lowest BCUT2D eigenvalue weighted by Gasteiger charge is -2.39. The van der Waals surface area contributed by atoms with Crippen LogP contribution in [-0.4, -0.2) is 34.6 Å². The van der Waals surface area contributed by atoms with Crippen LogP contribution >= 0.6 is 27.5 Å². The molecule has 1 aliphatic heterocycles. The summed E-state index contributed by atoms with van der Waals surface area (Å²) in [6.45, 7) is 3.30. The van der Waals surface area contributed by atoms with Gasteiger partial charge in [0.2, 0.25) is 5.88 Å². The zero-order valence-electron chi connectivity index (χ0n) is 11.7. The van der Waals surface area contributed by atoms with Crippen LogP contribution in [0.1, 0.15) is 5.56 Å². The van der Waals surface area contributed by atoms with Gasteiger partial charge < -0.3 is 4.74 Å². The average Bonchev–Trinajstić information content (AvgIpc) is 2.45. The van der Waals surface area contributed by atoms with Crippen molar-refractivity contribution in [2.24, 2.45) is 5.92 Å². The highest BCUT2D eigenvalue weighted by Crippen LogP contribution is 2.22. The number of likely N-dealkylation sites (tertiary alicyclic amines) is 1. The molecular formula is C15H14BrClFN3O. The van der Waals surface area contributed by atoms with Gasteiger partial charge in [0.15, 0.2) is 5.15 Å². The number of ether oxygens (including phenoxy) is 1. The van der Waals surface area contributed by atoms with E-state index in [4.69, 9.17) is 16.3 Å². The second-order valence-electron chi connectivity index (χ2n) is 5.30. The van der Waals surface area contributed by atoms with Crippen LogP contribution in [0.15, 0.2) is 35.1 Å². The van der Waals surface area contributed by atoms with Gasteiger partial charge in [-0.2, -0.15) is 4.98 Å². The van der Waals surface area contributed by atoms with Gasteiger partial charge in [0.05, 0.1) is 23.5 Å². The monoisotopic (exact) mass is 385 g/mol. The predicted molar refractivity (Wildman–Crippen MR) is 85.4 cm³/mol. The standard InChI is InChI=1S/C15H14BrClFN3O/c16-12-3-10(1-2-13(12)18)6-21-7-11(8-21)9-22-15-5-19-4-14(17)20-15/h1-5,11H,6-9H2. The molecule has 0 unspecified atom stereocenters. The third kappa shape index (κ3) is 3.94. The zero-order valence-corrected chi connectivity index (χ0v) is 14.0. The minimum absolute atomic E-state index is 0.235. The lowest BCUT2D eigenvalue weighted by molar-refractivity contribution is 0.0542. The molecule has 3 rings (SSSR count). The first-order valence-corrected chi connectivity index (χ1v) is 8.04. The van der Waals surface area contributed by atoms with Gasteiger partial charge in [0, 0.05) is 25.6 Å². The summed E-state index contributed by atoms with van der Waals surface area (Å²) in [7, 11) is 0. The van der Waals surface area contributed by atoms with Gasteiger partial charge in [-0.3, -0.25) is 9.88 Å². The summed E-state index contributed by atoms with van der Waals surface area (Å²) in [5, 5.41) is 0.328. The average molecular weight is 387 g/mol. The Morgan fingerprint density at radius 1 is 1.36 bits per heavy atom. The van der Waals surface area contributed by atoms with E-state index in [-0.39, 0.29) is 5.82 Å². The molecule has 2 aromatic rings. The zero-order chi connectivity index (χ0) is 15.5. The van der Waals surface area contributed by atoms with Crippen molar-refractivity contribution in [1.29, 1.82) is 0 Å². The van der Waals surface area contributed by atoms with Crippen molar-refractivity contribution in [3.63, 3.8) is 0 Å². The van der Waals surface area contributed by atoms with Crippen molar-refractivity contribution in [2.75, 3.05) is 19.7 Å². The van der Waals surface area contributed by atoms with E-state index in [9.17, 15) is 4.39 Å². The molecule has 0 aliphatic carbocycles. The van der Waals surface area contributed by atoms with Gasteiger partial charge in [-0.25, -0.2) is 4.39 Å². The van der Waals surface area contributed by atoms with Crippen LogP contribution in [0.3, 0.4) is 0 Å². The van der Waals surface area contributed by atoms with E-state index in [1.165, 1.54) is 12.3 Å². The molecule has 4 nitrogen and oxygen atoms in total. The Bertz CT molecular complexity index is 667. The van der Waals surface area contributed by atoms with Crippen molar-refractivity contribution in [2.45, 2.75) is 6.54 Å². The summed E-state index contributed by atoms with van der Waals surface area (Å²) in [6.07, 6.45) is 3.03. The van der Waals surface area contributed by atoms with E-state index in [1.807, 2.05) is 12.1 Å². The number of hydrogen-bond acceptors (Lipinski definition) is 4. The van der Waals surface area contributed by atoms with Gasteiger partial charge >= 0.3 is 0 Å². The number of aromatic nitrogens is 2. The lowest BCUT2D eigenvalue weighted by Crippen LogP contribution is -2.48. The number of halogens is 3. The smallest absolute Gasteiger partial charge is 0.233 e. The first-order valence-electron chi connectivity index (χ1n) is 6.87. The van der Waals surface area contributed by atoms with Crippen LogP contribution < -0.4 is 4.74 Å². The first-order chi connectivity index (χ1) is 10.6. The molecule has 1 fully saturated rings. The highest BCUT2D eigenvalue weighted by Gasteiger charge is 2.27. The Hall–Kier alpha value is -1.24. The molecule has 0 spiro atoms. The summed E-state index contributed by atoms with van der Waals surface area (Å²) in [4.78, 5) is 10.3. The molecule has 0 N–H and O–H groups in total. The number of hydrogen-bond donors (Lipinski definition) is 0. The van der Waals surface area contributed by atoms with Gasteiger partial charge in [0.1, 0.15) is 5.82 Å². The Morgan fingerprint density at radius 2 is 2.18 bits per heavy atom. The summed E-state index contributed by atoms with van der Waals surface area (Å²) < 4.78 is 19.3. The maximum atomic E-state index is 13.2. The maximum Gasteiger partial charge on any atom is 0.233 e. The van der Waals surface area contributed by atoms with Crippen molar-refractivity contribution in [1.82, 2.24) is 14.9 Å². The van der Waals surface area contributed by atoms with Gasteiger partial charge in [-0.1, -0.05) is 17.7 Å². The Balaban J connectivity index is 1.43. The fourth-order valence-corrected chi connectivity index (χ4v) is 2.97. The van der Waals surface area contributed by atoms with Crippen LogP contribution in [-0.2, 0) is 6.54 Å². The highest BCUT2D eigenvalue weighted by atomic mass is 79.9. The Labute approximate surface area is 141 Å². The Morgan fingerprint density at radius 3 is 2.91 bits per heavy atom. The second-order valence-corrected chi connectivity index (χ2v) is 6.54. The minimum Gasteiger partial charge on any atom is -0.476 e. The van der Waals surface area contributed by atoms with E-state index in [0.717, 1.165) is 25.2 Å².